The molecular weight excluding hydrogens is 227 g/mol. The van der Waals surface area contributed by atoms with Crippen LogP contribution in [0.5, 0.6) is 0 Å². The Hall–Kier alpha value is -0.830. The maximum Gasteiger partial charge on any atom is 0.141 e. The molecule has 0 bridgehead atoms. The zero-order valence-electron chi connectivity index (χ0n) is 9.63. The van der Waals surface area contributed by atoms with E-state index in [2.05, 4.69) is 23.7 Å². The number of aromatic nitrogens is 1. The van der Waals surface area contributed by atoms with Crippen molar-refractivity contribution in [2.75, 3.05) is 11.4 Å². The summed E-state index contributed by atoms with van der Waals surface area (Å²) in [7, 11) is 0. The molecule has 0 aromatic carbocycles. The molecule has 2 nitrogen and oxygen atoms in total. The van der Waals surface area contributed by atoms with Gasteiger partial charge in [0.2, 0.25) is 0 Å². The van der Waals surface area contributed by atoms with Crippen LogP contribution >= 0.6 is 11.6 Å². The number of anilines is 1. The van der Waals surface area contributed by atoms with E-state index in [0.29, 0.717) is 5.88 Å². The zero-order chi connectivity index (χ0) is 11.8. The van der Waals surface area contributed by atoms with Gasteiger partial charge in [-0.25, -0.2) is 9.37 Å². The van der Waals surface area contributed by atoms with Crippen LogP contribution < -0.4 is 4.90 Å². The summed E-state index contributed by atoms with van der Waals surface area (Å²) in [5, 5.41) is 0. The van der Waals surface area contributed by atoms with Gasteiger partial charge in [-0.05, 0) is 32.8 Å². The van der Waals surface area contributed by atoms with Gasteiger partial charge in [-0.3, -0.25) is 0 Å². The molecule has 1 aliphatic rings. The maximum atomic E-state index is 13.1. The second-order valence-electron chi connectivity index (χ2n) is 4.84. The van der Waals surface area contributed by atoms with Crippen LogP contribution in [0.1, 0.15) is 32.3 Å². The molecule has 0 amide bonds. The summed E-state index contributed by atoms with van der Waals surface area (Å²) in [4.78, 5) is 6.42. The van der Waals surface area contributed by atoms with Crippen LogP contribution in [-0.4, -0.2) is 17.1 Å². The van der Waals surface area contributed by atoms with Crippen molar-refractivity contribution in [2.45, 2.75) is 38.1 Å². The molecule has 0 N–H and O–H groups in total. The molecule has 1 aromatic heterocycles. The third-order valence-electron chi connectivity index (χ3n) is 3.21. The van der Waals surface area contributed by atoms with Crippen molar-refractivity contribution < 1.29 is 4.39 Å². The number of halogens is 2. The molecule has 1 aromatic rings. The van der Waals surface area contributed by atoms with Gasteiger partial charge >= 0.3 is 0 Å². The largest absolute Gasteiger partial charge is 0.351 e. The molecule has 88 valence electrons. The predicted octanol–water partition coefficient (Wildman–Crippen LogP) is 3.34. The summed E-state index contributed by atoms with van der Waals surface area (Å²) in [5.74, 6) is 0.808. The van der Waals surface area contributed by atoms with Gasteiger partial charge < -0.3 is 4.90 Å². The lowest BCUT2D eigenvalue weighted by Crippen LogP contribution is -2.39. The molecule has 2 heterocycles. The van der Waals surface area contributed by atoms with Crippen molar-refractivity contribution in [3.05, 3.63) is 23.6 Å². The number of alkyl halides is 1. The lowest BCUT2D eigenvalue weighted by molar-refractivity contribution is 0.512. The SMILES string of the molecule is CC1(C)CCCN1c1ncc(F)cc1CCl. The van der Waals surface area contributed by atoms with Gasteiger partial charge in [0.05, 0.1) is 12.1 Å². The van der Waals surface area contributed by atoms with Crippen LogP contribution in [0.4, 0.5) is 10.2 Å². The molecule has 0 aliphatic carbocycles. The predicted molar refractivity (Wildman–Crippen MR) is 64.4 cm³/mol. The second-order valence-corrected chi connectivity index (χ2v) is 5.10. The van der Waals surface area contributed by atoms with Crippen LogP contribution in [0.3, 0.4) is 0 Å². The average molecular weight is 243 g/mol. The Morgan fingerprint density at radius 3 is 2.88 bits per heavy atom. The second kappa shape index (κ2) is 4.21. The number of hydrogen-bond donors (Lipinski definition) is 0. The number of pyridine rings is 1. The third-order valence-corrected chi connectivity index (χ3v) is 3.50. The first-order valence-electron chi connectivity index (χ1n) is 5.52. The molecule has 0 atom stereocenters. The van der Waals surface area contributed by atoms with E-state index in [9.17, 15) is 4.39 Å². The lowest BCUT2D eigenvalue weighted by atomic mass is 10.0. The van der Waals surface area contributed by atoms with Crippen molar-refractivity contribution in [2.24, 2.45) is 0 Å². The Labute approximate surface area is 100 Å². The van der Waals surface area contributed by atoms with E-state index in [0.717, 1.165) is 30.8 Å². The highest BCUT2D eigenvalue weighted by Gasteiger charge is 2.33. The highest BCUT2D eigenvalue weighted by molar-refractivity contribution is 6.17. The van der Waals surface area contributed by atoms with Gasteiger partial charge in [0, 0.05) is 17.6 Å². The molecule has 0 saturated carbocycles. The Balaban J connectivity index is 2.40. The zero-order valence-corrected chi connectivity index (χ0v) is 10.4. The molecule has 16 heavy (non-hydrogen) atoms. The van der Waals surface area contributed by atoms with E-state index < -0.39 is 0 Å². The fourth-order valence-corrected chi connectivity index (χ4v) is 2.51. The molecule has 1 aliphatic heterocycles. The highest BCUT2D eigenvalue weighted by atomic mass is 35.5. The first-order valence-corrected chi connectivity index (χ1v) is 6.06. The molecule has 4 heteroatoms. The highest BCUT2D eigenvalue weighted by Crippen LogP contribution is 2.34. The summed E-state index contributed by atoms with van der Waals surface area (Å²) >= 11 is 5.84. The minimum absolute atomic E-state index is 0.0889. The summed E-state index contributed by atoms with van der Waals surface area (Å²) < 4.78 is 13.1. The van der Waals surface area contributed by atoms with Crippen LogP contribution in [0.25, 0.3) is 0 Å². The first kappa shape index (κ1) is 11.6. The normalized spacial score (nSPS) is 19.1. The summed E-state index contributed by atoms with van der Waals surface area (Å²) in [5.41, 5.74) is 0.864. The van der Waals surface area contributed by atoms with Crippen molar-refractivity contribution in [1.82, 2.24) is 4.98 Å². The Bertz CT molecular complexity index is 393. The molecule has 0 unspecified atom stereocenters. The van der Waals surface area contributed by atoms with E-state index >= 15 is 0 Å². The van der Waals surface area contributed by atoms with Crippen molar-refractivity contribution in [3.63, 3.8) is 0 Å². The molecule has 0 spiro atoms. The summed E-state index contributed by atoms with van der Waals surface area (Å²) in [6.45, 7) is 5.33. The standard InChI is InChI=1S/C12H16ClFN2/c1-12(2)4-3-5-16(12)11-9(7-13)6-10(14)8-15-11/h6,8H,3-5,7H2,1-2H3. The number of nitrogens with zero attached hydrogens (tertiary/aromatic N) is 2. The molecular formula is C12H16ClFN2. The molecule has 1 fully saturated rings. The van der Waals surface area contributed by atoms with Gasteiger partial charge in [0.15, 0.2) is 0 Å². The molecule has 2 rings (SSSR count). The summed E-state index contributed by atoms with van der Waals surface area (Å²) in [6.07, 6.45) is 3.54. The molecule has 0 radical (unpaired) electrons. The van der Waals surface area contributed by atoms with E-state index in [1.165, 1.54) is 12.3 Å². The van der Waals surface area contributed by atoms with Crippen LogP contribution in [0, 0.1) is 5.82 Å². The number of hydrogen-bond acceptors (Lipinski definition) is 2. The Morgan fingerprint density at radius 1 is 1.56 bits per heavy atom. The van der Waals surface area contributed by atoms with Crippen LogP contribution in [-0.2, 0) is 5.88 Å². The van der Waals surface area contributed by atoms with Crippen LogP contribution in [0.2, 0.25) is 0 Å². The minimum atomic E-state index is -0.323. The first-order chi connectivity index (χ1) is 7.54. The van der Waals surface area contributed by atoms with E-state index in [-0.39, 0.29) is 11.4 Å². The topological polar surface area (TPSA) is 16.1 Å². The monoisotopic (exact) mass is 242 g/mol. The van der Waals surface area contributed by atoms with E-state index in [1.54, 1.807) is 0 Å². The smallest absolute Gasteiger partial charge is 0.141 e. The number of rotatable bonds is 2. The van der Waals surface area contributed by atoms with Gasteiger partial charge in [0.1, 0.15) is 11.6 Å². The maximum absolute atomic E-state index is 13.1. The fraction of sp³-hybridized carbons (Fsp3) is 0.583. The average Bonchev–Trinajstić information content (AvgIpc) is 2.58. The fourth-order valence-electron chi connectivity index (χ4n) is 2.32. The Morgan fingerprint density at radius 2 is 2.31 bits per heavy atom. The van der Waals surface area contributed by atoms with Gasteiger partial charge in [-0.2, -0.15) is 0 Å². The molecule has 1 saturated heterocycles. The minimum Gasteiger partial charge on any atom is -0.351 e. The van der Waals surface area contributed by atoms with Gasteiger partial charge in [-0.15, -0.1) is 11.6 Å². The van der Waals surface area contributed by atoms with Crippen LogP contribution in [0.15, 0.2) is 12.3 Å². The van der Waals surface area contributed by atoms with E-state index in [4.69, 9.17) is 11.6 Å². The van der Waals surface area contributed by atoms with E-state index in [1.807, 2.05) is 0 Å². The summed E-state index contributed by atoms with van der Waals surface area (Å²) in [6, 6.07) is 1.48. The van der Waals surface area contributed by atoms with Gasteiger partial charge in [0.25, 0.3) is 0 Å². The Kier molecular flexibility index (Phi) is 3.06. The van der Waals surface area contributed by atoms with Crippen molar-refractivity contribution in [1.29, 1.82) is 0 Å². The lowest BCUT2D eigenvalue weighted by Gasteiger charge is -2.33. The quantitative estimate of drug-likeness (QED) is 0.740. The third kappa shape index (κ3) is 2.01. The van der Waals surface area contributed by atoms with Crippen molar-refractivity contribution >= 4 is 17.4 Å². The van der Waals surface area contributed by atoms with Crippen molar-refractivity contribution in [3.8, 4) is 0 Å². The van der Waals surface area contributed by atoms with Gasteiger partial charge in [-0.1, -0.05) is 0 Å².